The zero-order valence-corrected chi connectivity index (χ0v) is 16.5. The van der Waals surface area contributed by atoms with Gasteiger partial charge in [0.2, 0.25) is 0 Å². The number of carbonyl (C=O) groups excluding carboxylic acids is 2. The first-order valence-corrected chi connectivity index (χ1v) is 10.0. The van der Waals surface area contributed by atoms with E-state index in [1.807, 2.05) is 54.3 Å². The van der Waals surface area contributed by atoms with E-state index in [-0.39, 0.29) is 17.9 Å². The molecule has 0 aromatic heterocycles. The van der Waals surface area contributed by atoms with Crippen LogP contribution in [0.2, 0.25) is 0 Å². The van der Waals surface area contributed by atoms with Crippen molar-refractivity contribution < 1.29 is 24.0 Å². The number of anilines is 1. The molecule has 0 radical (unpaired) electrons. The minimum absolute atomic E-state index is 0.0421. The Morgan fingerprint density at radius 1 is 1.00 bits per heavy atom. The fourth-order valence-corrected chi connectivity index (χ4v) is 3.75. The second-order valence-corrected chi connectivity index (χ2v) is 7.39. The highest BCUT2D eigenvalue weighted by Crippen LogP contribution is 2.32. The van der Waals surface area contributed by atoms with Gasteiger partial charge < -0.3 is 24.6 Å². The third kappa shape index (κ3) is 4.35. The molecular weight excluding hydrogens is 370 g/mol. The molecule has 2 N–H and O–H groups in total. The lowest BCUT2D eigenvalue weighted by Crippen LogP contribution is -3.19. The fraction of sp³-hybridized carbons (Fsp3) is 0.364. The number of piperazine rings is 1. The lowest BCUT2D eigenvalue weighted by Gasteiger charge is -2.34. The lowest BCUT2D eigenvalue weighted by atomic mass is 10.1. The number of quaternary nitrogens is 1. The molecule has 2 aromatic rings. The van der Waals surface area contributed by atoms with E-state index < -0.39 is 0 Å². The van der Waals surface area contributed by atoms with Gasteiger partial charge in [0, 0.05) is 17.3 Å². The summed E-state index contributed by atoms with van der Waals surface area (Å²) in [7, 11) is 0. The van der Waals surface area contributed by atoms with Gasteiger partial charge in [-0.2, -0.15) is 0 Å². The molecule has 2 aromatic carbocycles. The van der Waals surface area contributed by atoms with Crippen LogP contribution in [0.25, 0.3) is 0 Å². The fourth-order valence-electron chi connectivity index (χ4n) is 3.75. The number of rotatable bonds is 4. The van der Waals surface area contributed by atoms with Crippen molar-refractivity contribution in [3.63, 3.8) is 0 Å². The van der Waals surface area contributed by atoms with Gasteiger partial charge in [0.05, 0.1) is 26.2 Å². The quantitative estimate of drug-likeness (QED) is 0.803. The molecule has 2 aliphatic heterocycles. The lowest BCUT2D eigenvalue weighted by molar-refractivity contribution is -0.917. The smallest absolute Gasteiger partial charge is 0.282 e. The molecule has 0 unspecified atom stereocenters. The Hall–Kier alpha value is -3.06. The molecule has 7 nitrogen and oxygen atoms in total. The maximum Gasteiger partial charge on any atom is 0.282 e. The van der Waals surface area contributed by atoms with Crippen molar-refractivity contribution in [3.05, 3.63) is 54.1 Å². The summed E-state index contributed by atoms with van der Waals surface area (Å²) in [5.74, 6) is 1.37. The SMILES string of the molecule is C[C@H](C(=O)Nc1ccc2c(c1)OCCO2)[NH+]1CCN(C(=O)c2ccccc2)CC1. The third-order valence-electron chi connectivity index (χ3n) is 5.53. The molecule has 1 fully saturated rings. The van der Waals surface area contributed by atoms with Crippen LogP contribution in [0.3, 0.4) is 0 Å². The van der Waals surface area contributed by atoms with Crippen molar-refractivity contribution in [1.29, 1.82) is 0 Å². The highest BCUT2D eigenvalue weighted by atomic mass is 16.6. The number of ether oxygens (including phenoxy) is 2. The first kappa shape index (κ1) is 19.3. The van der Waals surface area contributed by atoms with Crippen molar-refractivity contribution in [3.8, 4) is 11.5 Å². The number of benzene rings is 2. The third-order valence-corrected chi connectivity index (χ3v) is 5.53. The van der Waals surface area contributed by atoms with Gasteiger partial charge in [-0.05, 0) is 31.2 Å². The monoisotopic (exact) mass is 396 g/mol. The number of hydrogen-bond acceptors (Lipinski definition) is 4. The van der Waals surface area contributed by atoms with Gasteiger partial charge in [-0.1, -0.05) is 18.2 Å². The molecule has 2 heterocycles. The van der Waals surface area contributed by atoms with Crippen LogP contribution < -0.4 is 19.7 Å². The summed E-state index contributed by atoms with van der Waals surface area (Å²) in [6.45, 7) is 5.75. The predicted octanol–water partition coefficient (Wildman–Crippen LogP) is 0.826. The Kier molecular flexibility index (Phi) is 5.67. The molecule has 0 bridgehead atoms. The second-order valence-electron chi connectivity index (χ2n) is 7.39. The standard InChI is InChI=1S/C22H25N3O4/c1-16(21(26)23-18-7-8-19-20(15-18)29-14-13-28-19)24-9-11-25(12-10-24)22(27)17-5-3-2-4-6-17/h2-8,15-16H,9-14H2,1H3,(H,23,26)/p+1/t16-/m1/s1. The van der Waals surface area contributed by atoms with E-state index >= 15 is 0 Å². The van der Waals surface area contributed by atoms with E-state index in [4.69, 9.17) is 9.47 Å². The molecule has 7 heteroatoms. The van der Waals surface area contributed by atoms with Crippen molar-refractivity contribution in [1.82, 2.24) is 4.90 Å². The van der Waals surface area contributed by atoms with E-state index in [0.29, 0.717) is 49.1 Å². The molecule has 29 heavy (non-hydrogen) atoms. The van der Waals surface area contributed by atoms with Gasteiger partial charge in [0.25, 0.3) is 11.8 Å². The minimum Gasteiger partial charge on any atom is -0.486 e. The summed E-state index contributed by atoms with van der Waals surface area (Å²) in [5.41, 5.74) is 1.41. The van der Waals surface area contributed by atoms with Crippen molar-refractivity contribution >= 4 is 17.5 Å². The van der Waals surface area contributed by atoms with Crippen molar-refractivity contribution in [2.45, 2.75) is 13.0 Å². The average Bonchev–Trinajstić information content (AvgIpc) is 2.78. The highest BCUT2D eigenvalue weighted by Gasteiger charge is 2.31. The van der Waals surface area contributed by atoms with Crippen LogP contribution in [-0.2, 0) is 4.79 Å². The topological polar surface area (TPSA) is 72.3 Å². The van der Waals surface area contributed by atoms with Gasteiger partial charge >= 0.3 is 0 Å². The van der Waals surface area contributed by atoms with Crippen molar-refractivity contribution in [2.75, 3.05) is 44.7 Å². The Labute approximate surface area is 170 Å². The maximum absolute atomic E-state index is 12.7. The summed E-state index contributed by atoms with van der Waals surface area (Å²) in [6.07, 6.45) is 0. The van der Waals surface area contributed by atoms with Gasteiger partial charge in [0.15, 0.2) is 17.5 Å². The van der Waals surface area contributed by atoms with Crippen LogP contribution in [0.4, 0.5) is 5.69 Å². The summed E-state index contributed by atoms with van der Waals surface area (Å²) in [4.78, 5) is 28.4. The molecule has 0 spiro atoms. The number of carbonyl (C=O) groups is 2. The van der Waals surface area contributed by atoms with Gasteiger partial charge in [-0.25, -0.2) is 0 Å². The molecule has 0 saturated carbocycles. The summed E-state index contributed by atoms with van der Waals surface area (Å²) in [5, 5.41) is 2.97. The Balaban J connectivity index is 1.31. The number of nitrogens with one attached hydrogen (secondary N) is 2. The number of nitrogens with zero attached hydrogens (tertiary/aromatic N) is 1. The zero-order chi connectivity index (χ0) is 20.2. The van der Waals surface area contributed by atoms with Crippen LogP contribution >= 0.6 is 0 Å². The number of fused-ring (bicyclic) bond motifs is 1. The molecule has 152 valence electrons. The Morgan fingerprint density at radius 2 is 1.69 bits per heavy atom. The largest absolute Gasteiger partial charge is 0.486 e. The Bertz CT molecular complexity index is 879. The van der Waals surface area contributed by atoms with E-state index in [9.17, 15) is 9.59 Å². The molecule has 4 rings (SSSR count). The molecule has 0 aliphatic carbocycles. The van der Waals surface area contributed by atoms with Crippen LogP contribution in [0.1, 0.15) is 17.3 Å². The van der Waals surface area contributed by atoms with E-state index in [1.54, 1.807) is 6.07 Å². The first-order chi connectivity index (χ1) is 14.1. The molecule has 1 saturated heterocycles. The van der Waals surface area contributed by atoms with E-state index in [2.05, 4.69) is 5.32 Å². The average molecular weight is 396 g/mol. The van der Waals surface area contributed by atoms with Gasteiger partial charge in [-0.15, -0.1) is 0 Å². The maximum atomic E-state index is 12.7. The number of hydrogen-bond donors (Lipinski definition) is 2. The van der Waals surface area contributed by atoms with Crippen LogP contribution in [0.15, 0.2) is 48.5 Å². The minimum atomic E-state index is -0.211. The van der Waals surface area contributed by atoms with E-state index in [1.165, 1.54) is 4.90 Å². The molecule has 1 atom stereocenters. The predicted molar refractivity (Wildman–Crippen MR) is 109 cm³/mol. The van der Waals surface area contributed by atoms with Crippen LogP contribution in [-0.4, -0.2) is 62.1 Å². The van der Waals surface area contributed by atoms with Crippen LogP contribution in [0, 0.1) is 0 Å². The van der Waals surface area contributed by atoms with E-state index in [0.717, 1.165) is 13.1 Å². The summed E-state index contributed by atoms with van der Waals surface area (Å²) >= 11 is 0. The Morgan fingerprint density at radius 3 is 2.41 bits per heavy atom. The normalized spacial score (nSPS) is 17.5. The summed E-state index contributed by atoms with van der Waals surface area (Å²) in [6, 6.07) is 14.6. The molecule has 2 amide bonds. The van der Waals surface area contributed by atoms with Crippen LogP contribution in [0.5, 0.6) is 11.5 Å². The zero-order valence-electron chi connectivity index (χ0n) is 16.5. The molecular formula is C22H26N3O4+. The van der Waals surface area contributed by atoms with Gasteiger partial charge in [0.1, 0.15) is 13.2 Å². The first-order valence-electron chi connectivity index (χ1n) is 10.0. The van der Waals surface area contributed by atoms with Crippen molar-refractivity contribution in [2.24, 2.45) is 0 Å². The second kappa shape index (κ2) is 8.53. The van der Waals surface area contributed by atoms with Gasteiger partial charge in [-0.3, -0.25) is 9.59 Å². The molecule has 2 aliphatic rings. The summed E-state index contributed by atoms with van der Waals surface area (Å²) < 4.78 is 11.1. The highest BCUT2D eigenvalue weighted by molar-refractivity contribution is 5.94. The number of amides is 2.